The molecule has 1 amide bonds. The van der Waals surface area contributed by atoms with Crippen LogP contribution in [0.2, 0.25) is 5.02 Å². The summed E-state index contributed by atoms with van der Waals surface area (Å²) in [6.45, 7) is 2.64. The second kappa shape index (κ2) is 9.77. The summed E-state index contributed by atoms with van der Waals surface area (Å²) in [6.07, 6.45) is -0.379. The number of carbonyl (C=O) groups is 2. The molecule has 1 unspecified atom stereocenters. The Hall–Kier alpha value is -2.28. The van der Waals surface area contributed by atoms with Gasteiger partial charge in [-0.25, -0.2) is 14.0 Å². The van der Waals surface area contributed by atoms with Crippen LogP contribution in [0, 0.1) is 0 Å². The molecule has 0 bridgehead atoms. The average Bonchev–Trinajstić information content (AvgIpc) is 2.58. The van der Waals surface area contributed by atoms with E-state index in [1.165, 1.54) is 25.3 Å². The Bertz CT molecular complexity index is 620. The average molecular weight is 360 g/mol. The molecule has 0 aliphatic carbocycles. The lowest BCUT2D eigenvalue weighted by molar-refractivity contribution is -0.148. The number of alkyl halides is 1. The highest BCUT2D eigenvalue weighted by atomic mass is 35.5. The Morgan fingerprint density at radius 1 is 1.42 bits per heavy atom. The molecule has 0 aromatic heterocycles. The number of hydrogen-bond donors (Lipinski definition) is 1. The second-order valence-corrected chi connectivity index (χ2v) is 5.05. The number of ether oxygens (including phenoxy) is 3. The maximum Gasteiger partial charge on any atom is 0.412 e. The first-order valence-electron chi connectivity index (χ1n) is 7.09. The first-order chi connectivity index (χ1) is 11.4. The standard InChI is InChI=1S/C16H19ClFNO5/c1-4-10(2)14(15(20)22-3)24-16(21)19-13-6-5-11(9-12(13)17)23-8-7-18/h4-6,9,14H,7-8H2,1-3H3,(H,19,21)/b10-4+. The number of methoxy groups -OCH3 is 1. The van der Waals surface area contributed by atoms with Gasteiger partial charge in [0.1, 0.15) is 19.0 Å². The van der Waals surface area contributed by atoms with Gasteiger partial charge in [0.05, 0.1) is 17.8 Å². The Morgan fingerprint density at radius 3 is 2.67 bits per heavy atom. The van der Waals surface area contributed by atoms with Crippen LogP contribution in [0.25, 0.3) is 0 Å². The molecule has 24 heavy (non-hydrogen) atoms. The minimum absolute atomic E-state index is 0.0887. The smallest absolute Gasteiger partial charge is 0.412 e. The van der Waals surface area contributed by atoms with E-state index in [4.69, 9.17) is 21.1 Å². The first-order valence-corrected chi connectivity index (χ1v) is 7.47. The van der Waals surface area contributed by atoms with Gasteiger partial charge in [-0.05, 0) is 31.6 Å². The van der Waals surface area contributed by atoms with E-state index in [0.717, 1.165) is 0 Å². The fourth-order valence-electron chi connectivity index (χ4n) is 1.68. The summed E-state index contributed by atoms with van der Waals surface area (Å²) in [5.41, 5.74) is 0.786. The molecule has 0 aliphatic rings. The topological polar surface area (TPSA) is 73.9 Å². The lowest BCUT2D eigenvalue weighted by atomic mass is 10.1. The van der Waals surface area contributed by atoms with Crippen LogP contribution in [-0.4, -0.2) is 38.6 Å². The van der Waals surface area contributed by atoms with Gasteiger partial charge in [-0.2, -0.15) is 0 Å². The molecule has 132 valence electrons. The molecule has 0 spiro atoms. The fourth-order valence-corrected chi connectivity index (χ4v) is 1.89. The number of nitrogens with one attached hydrogen (secondary N) is 1. The molecule has 0 saturated carbocycles. The molecule has 1 aromatic rings. The summed E-state index contributed by atoms with van der Waals surface area (Å²) >= 11 is 6.02. The second-order valence-electron chi connectivity index (χ2n) is 4.65. The molecule has 1 aromatic carbocycles. The van der Waals surface area contributed by atoms with E-state index in [9.17, 15) is 14.0 Å². The third-order valence-corrected chi connectivity index (χ3v) is 3.34. The van der Waals surface area contributed by atoms with E-state index in [-0.39, 0.29) is 17.3 Å². The van der Waals surface area contributed by atoms with Gasteiger partial charge in [-0.15, -0.1) is 0 Å². The van der Waals surface area contributed by atoms with Crippen molar-refractivity contribution in [3.8, 4) is 5.75 Å². The predicted molar refractivity (Wildman–Crippen MR) is 88.3 cm³/mol. The summed E-state index contributed by atoms with van der Waals surface area (Å²) in [6, 6.07) is 4.43. The largest absolute Gasteiger partial charge is 0.491 e. The fraction of sp³-hybridized carbons (Fsp3) is 0.375. The van der Waals surface area contributed by atoms with Gasteiger partial charge in [0, 0.05) is 6.07 Å². The van der Waals surface area contributed by atoms with Crippen molar-refractivity contribution in [1.82, 2.24) is 0 Å². The van der Waals surface area contributed by atoms with Crippen LogP contribution in [0.3, 0.4) is 0 Å². The number of benzene rings is 1. The molecular formula is C16H19ClFNO5. The van der Waals surface area contributed by atoms with Crippen molar-refractivity contribution >= 4 is 29.4 Å². The molecule has 1 N–H and O–H groups in total. The van der Waals surface area contributed by atoms with Crippen LogP contribution in [0.1, 0.15) is 13.8 Å². The normalized spacial score (nSPS) is 12.3. The number of amides is 1. The maximum absolute atomic E-state index is 12.1. The molecular weight excluding hydrogens is 341 g/mol. The Labute approximate surface area is 144 Å². The van der Waals surface area contributed by atoms with E-state index in [2.05, 4.69) is 10.1 Å². The summed E-state index contributed by atoms with van der Waals surface area (Å²) in [5.74, 6) is -0.324. The Kier molecular flexibility index (Phi) is 8.05. The predicted octanol–water partition coefficient (Wildman–Crippen LogP) is 3.74. The minimum Gasteiger partial charge on any atom is -0.491 e. The number of halogens is 2. The molecule has 1 atom stereocenters. The highest BCUT2D eigenvalue weighted by molar-refractivity contribution is 6.33. The van der Waals surface area contributed by atoms with Crippen LogP contribution in [-0.2, 0) is 14.3 Å². The van der Waals surface area contributed by atoms with Gasteiger partial charge in [0.2, 0.25) is 6.10 Å². The lowest BCUT2D eigenvalue weighted by Crippen LogP contribution is -2.31. The zero-order chi connectivity index (χ0) is 18.1. The van der Waals surface area contributed by atoms with Crippen molar-refractivity contribution in [2.24, 2.45) is 0 Å². The number of hydrogen-bond acceptors (Lipinski definition) is 5. The highest BCUT2D eigenvalue weighted by Gasteiger charge is 2.25. The van der Waals surface area contributed by atoms with Crippen molar-refractivity contribution in [3.63, 3.8) is 0 Å². The molecule has 0 radical (unpaired) electrons. The van der Waals surface area contributed by atoms with Gasteiger partial charge >= 0.3 is 12.1 Å². The number of rotatable bonds is 7. The summed E-state index contributed by atoms with van der Waals surface area (Å²) in [5, 5.41) is 2.61. The number of allylic oxidation sites excluding steroid dienone is 1. The summed E-state index contributed by atoms with van der Waals surface area (Å²) in [7, 11) is 1.20. The SMILES string of the molecule is C/C=C(\C)C(OC(=O)Nc1ccc(OCCF)cc1Cl)C(=O)OC. The molecule has 8 heteroatoms. The molecule has 0 fully saturated rings. The molecule has 1 rings (SSSR count). The van der Waals surface area contributed by atoms with Crippen LogP contribution in [0.15, 0.2) is 29.8 Å². The first kappa shape index (κ1) is 19.8. The lowest BCUT2D eigenvalue weighted by Gasteiger charge is -2.17. The molecule has 0 aliphatic heterocycles. The van der Waals surface area contributed by atoms with Crippen molar-refractivity contribution in [3.05, 3.63) is 34.9 Å². The van der Waals surface area contributed by atoms with Gasteiger partial charge in [-0.3, -0.25) is 5.32 Å². The van der Waals surface area contributed by atoms with Gasteiger partial charge in [0.25, 0.3) is 0 Å². The summed E-state index contributed by atoms with van der Waals surface area (Å²) in [4.78, 5) is 23.6. The van der Waals surface area contributed by atoms with Crippen molar-refractivity contribution in [1.29, 1.82) is 0 Å². The molecule has 0 heterocycles. The van der Waals surface area contributed by atoms with Gasteiger partial charge < -0.3 is 14.2 Å². The Balaban J connectivity index is 2.78. The van der Waals surface area contributed by atoms with Crippen LogP contribution in [0.4, 0.5) is 14.9 Å². The van der Waals surface area contributed by atoms with E-state index in [0.29, 0.717) is 11.3 Å². The zero-order valence-electron chi connectivity index (χ0n) is 13.6. The quantitative estimate of drug-likeness (QED) is 0.593. The van der Waals surface area contributed by atoms with Crippen molar-refractivity contribution < 1.29 is 28.2 Å². The van der Waals surface area contributed by atoms with Crippen molar-refractivity contribution in [2.45, 2.75) is 20.0 Å². The zero-order valence-corrected chi connectivity index (χ0v) is 14.4. The monoisotopic (exact) mass is 359 g/mol. The van der Waals surface area contributed by atoms with E-state index >= 15 is 0 Å². The minimum atomic E-state index is -1.15. The van der Waals surface area contributed by atoms with Crippen LogP contribution >= 0.6 is 11.6 Å². The number of carbonyl (C=O) groups excluding carboxylic acids is 2. The van der Waals surface area contributed by atoms with Crippen LogP contribution < -0.4 is 10.1 Å². The van der Waals surface area contributed by atoms with Gasteiger partial charge in [0.15, 0.2) is 0 Å². The van der Waals surface area contributed by atoms with E-state index in [1.807, 2.05) is 0 Å². The number of anilines is 1. The van der Waals surface area contributed by atoms with Gasteiger partial charge in [-0.1, -0.05) is 17.7 Å². The maximum atomic E-state index is 12.1. The summed E-state index contributed by atoms with van der Waals surface area (Å²) < 4.78 is 26.8. The van der Waals surface area contributed by atoms with Crippen LogP contribution in [0.5, 0.6) is 5.75 Å². The third kappa shape index (κ3) is 5.73. The molecule has 6 nitrogen and oxygen atoms in total. The van der Waals surface area contributed by atoms with E-state index < -0.39 is 24.8 Å². The Morgan fingerprint density at radius 2 is 2.12 bits per heavy atom. The van der Waals surface area contributed by atoms with Crippen molar-refractivity contribution in [2.75, 3.05) is 25.7 Å². The highest BCUT2D eigenvalue weighted by Crippen LogP contribution is 2.27. The third-order valence-electron chi connectivity index (χ3n) is 3.03. The van der Waals surface area contributed by atoms with E-state index in [1.54, 1.807) is 19.9 Å². The molecule has 0 saturated heterocycles. The number of esters is 1.